The Morgan fingerprint density at radius 3 is 2.44 bits per heavy atom. The van der Waals surface area contributed by atoms with Crippen molar-refractivity contribution in [2.75, 3.05) is 0 Å². The van der Waals surface area contributed by atoms with Crippen LogP contribution in [0.25, 0.3) is 0 Å². The summed E-state index contributed by atoms with van der Waals surface area (Å²) in [7, 11) is 0. The Labute approximate surface area is 192 Å². The van der Waals surface area contributed by atoms with Gasteiger partial charge in [-0.25, -0.2) is 0 Å². The topological polar surface area (TPSA) is 87.0 Å². The minimum atomic E-state index is -1.11. The lowest BCUT2D eigenvalue weighted by atomic mass is 9.40. The number of hydrogen-bond donors (Lipinski definition) is 3. The number of aromatic hydroxyl groups is 2. The first-order chi connectivity index (χ1) is 14.7. The van der Waals surface area contributed by atoms with Gasteiger partial charge in [0, 0.05) is 12.3 Å². The van der Waals surface area contributed by atoms with Crippen molar-refractivity contribution in [3.05, 3.63) is 23.3 Å². The fourth-order valence-electron chi connectivity index (χ4n) is 8.00. The fourth-order valence-corrected chi connectivity index (χ4v) is 8.00. The third kappa shape index (κ3) is 3.26. The number of carbonyl (C=O) groups excluding carboxylic acids is 1. The van der Waals surface area contributed by atoms with E-state index in [-0.39, 0.29) is 34.2 Å². The summed E-state index contributed by atoms with van der Waals surface area (Å²) in [6.07, 6.45) is 5.45. The number of benzene rings is 1. The first-order valence-electron chi connectivity index (χ1n) is 12.2. The van der Waals surface area contributed by atoms with E-state index in [0.29, 0.717) is 36.7 Å². The Hall–Kier alpha value is -1.75. The van der Waals surface area contributed by atoms with Crippen molar-refractivity contribution in [3.8, 4) is 11.5 Å². The summed E-state index contributed by atoms with van der Waals surface area (Å²) in [4.78, 5) is 12.4. The Bertz CT molecular complexity index is 917. The molecule has 0 aromatic heterocycles. The van der Waals surface area contributed by atoms with E-state index in [1.165, 1.54) is 0 Å². The van der Waals surface area contributed by atoms with Gasteiger partial charge in [0.2, 0.25) is 0 Å². The van der Waals surface area contributed by atoms with E-state index in [9.17, 15) is 20.1 Å². The number of fused-ring (bicyclic) bond motifs is 3. The predicted octanol–water partition coefficient (Wildman–Crippen LogP) is 5.26. The Balaban J connectivity index is 1.77. The molecule has 3 aliphatic rings. The highest BCUT2D eigenvalue weighted by molar-refractivity contribution is 5.71. The van der Waals surface area contributed by atoms with E-state index in [2.05, 4.69) is 20.8 Å². The molecule has 178 valence electrons. The first kappa shape index (κ1) is 23.4. The van der Waals surface area contributed by atoms with E-state index in [1.807, 2.05) is 6.92 Å². The quantitative estimate of drug-likeness (QED) is 0.437. The lowest BCUT2D eigenvalue weighted by molar-refractivity contribution is -0.272. The van der Waals surface area contributed by atoms with Crippen molar-refractivity contribution >= 4 is 5.97 Å². The summed E-state index contributed by atoms with van der Waals surface area (Å²) >= 11 is 0. The van der Waals surface area contributed by atoms with E-state index in [4.69, 9.17) is 4.74 Å². The van der Waals surface area contributed by atoms with Gasteiger partial charge in [0.15, 0.2) is 0 Å². The molecule has 1 aliphatic heterocycles. The van der Waals surface area contributed by atoms with Crippen LogP contribution in [0, 0.1) is 35.5 Å². The molecule has 3 N–H and O–H groups in total. The zero-order valence-corrected chi connectivity index (χ0v) is 20.5. The second kappa shape index (κ2) is 7.38. The fraction of sp³-hybridized carbons (Fsp3) is 0.741. The minimum absolute atomic E-state index is 0.0816. The van der Waals surface area contributed by atoms with Crippen LogP contribution in [0.3, 0.4) is 0 Å². The van der Waals surface area contributed by atoms with Crippen molar-refractivity contribution in [1.29, 1.82) is 0 Å². The van der Waals surface area contributed by atoms with Crippen molar-refractivity contribution in [2.24, 2.45) is 28.6 Å². The molecule has 0 amide bonds. The number of ether oxygens (including phenoxy) is 1. The summed E-state index contributed by atoms with van der Waals surface area (Å²) in [5.74, 6) is 1.17. The summed E-state index contributed by atoms with van der Waals surface area (Å²) < 4.78 is 6.06. The van der Waals surface area contributed by atoms with Crippen LogP contribution < -0.4 is 0 Å². The zero-order valence-electron chi connectivity index (χ0n) is 20.5. The van der Waals surface area contributed by atoms with Crippen LogP contribution in [0.5, 0.6) is 11.5 Å². The number of rotatable bonds is 3. The molecular formula is C27H40O5. The smallest absolute Gasteiger partial charge is 0.306 e. The first-order valence-corrected chi connectivity index (χ1v) is 12.2. The number of aryl methyl sites for hydroxylation is 1. The highest BCUT2D eigenvalue weighted by Gasteiger charge is 2.68. The number of aliphatic hydroxyl groups is 1. The molecule has 0 spiro atoms. The molecule has 0 bridgehead atoms. The SMILES string of the molecule is Cc1cc(O)cc(C[C@]2(C)[C@H]3CC[C@@]4(C(C)(C)O)OC(=O)CC[C@H]4[C@]3(C)CC[C@@H]2C)c1O. The van der Waals surface area contributed by atoms with E-state index >= 15 is 0 Å². The molecule has 3 fully saturated rings. The Kier molecular flexibility index (Phi) is 5.40. The number of esters is 1. The van der Waals surface area contributed by atoms with Gasteiger partial charge < -0.3 is 20.1 Å². The van der Waals surface area contributed by atoms with E-state index < -0.39 is 11.2 Å². The summed E-state index contributed by atoms with van der Waals surface area (Å²) in [5, 5.41) is 32.2. The molecule has 2 aliphatic carbocycles. The van der Waals surface area contributed by atoms with Crippen LogP contribution in [0.2, 0.25) is 0 Å². The number of hydrogen-bond acceptors (Lipinski definition) is 5. The van der Waals surface area contributed by atoms with Crippen LogP contribution in [-0.2, 0) is 16.0 Å². The van der Waals surface area contributed by atoms with Crippen LogP contribution >= 0.6 is 0 Å². The van der Waals surface area contributed by atoms with E-state index in [0.717, 1.165) is 31.2 Å². The molecule has 1 heterocycles. The van der Waals surface area contributed by atoms with Gasteiger partial charge in [-0.2, -0.15) is 0 Å². The van der Waals surface area contributed by atoms with Crippen LogP contribution in [-0.4, -0.2) is 32.5 Å². The number of phenols is 2. The van der Waals surface area contributed by atoms with Crippen molar-refractivity contribution in [3.63, 3.8) is 0 Å². The van der Waals surface area contributed by atoms with Gasteiger partial charge in [0.25, 0.3) is 0 Å². The summed E-state index contributed by atoms with van der Waals surface area (Å²) in [5.41, 5.74) is -0.630. The number of carbonyl (C=O) groups is 1. The molecule has 0 radical (unpaired) electrons. The monoisotopic (exact) mass is 444 g/mol. The number of phenolic OH excluding ortho intramolecular Hbond substituents is 2. The molecule has 2 saturated carbocycles. The summed E-state index contributed by atoms with van der Waals surface area (Å²) in [6, 6.07) is 3.31. The maximum atomic E-state index is 12.4. The van der Waals surface area contributed by atoms with Gasteiger partial charge in [-0.15, -0.1) is 0 Å². The maximum absolute atomic E-state index is 12.4. The highest BCUT2D eigenvalue weighted by atomic mass is 16.6. The lowest BCUT2D eigenvalue weighted by Crippen LogP contribution is -2.69. The van der Waals surface area contributed by atoms with Crippen molar-refractivity contribution in [2.45, 2.75) is 97.7 Å². The van der Waals surface area contributed by atoms with Crippen molar-refractivity contribution < 1.29 is 24.9 Å². The average molecular weight is 445 g/mol. The second-order valence-corrected chi connectivity index (χ2v) is 12.0. The molecule has 1 aromatic carbocycles. The molecule has 1 aromatic rings. The van der Waals surface area contributed by atoms with Gasteiger partial charge in [-0.3, -0.25) is 4.79 Å². The van der Waals surface area contributed by atoms with Gasteiger partial charge >= 0.3 is 5.97 Å². The van der Waals surface area contributed by atoms with Gasteiger partial charge in [0.05, 0.1) is 5.60 Å². The molecule has 1 saturated heterocycles. The third-order valence-corrected chi connectivity index (χ3v) is 9.90. The van der Waals surface area contributed by atoms with Gasteiger partial charge in [-0.05, 0) is 105 Å². The minimum Gasteiger partial charge on any atom is -0.508 e. The van der Waals surface area contributed by atoms with Crippen molar-refractivity contribution in [1.82, 2.24) is 0 Å². The molecule has 32 heavy (non-hydrogen) atoms. The van der Waals surface area contributed by atoms with Gasteiger partial charge in [0.1, 0.15) is 17.1 Å². The molecule has 0 unspecified atom stereocenters. The predicted molar refractivity (Wildman–Crippen MR) is 123 cm³/mol. The molecule has 5 nitrogen and oxygen atoms in total. The highest BCUT2D eigenvalue weighted by Crippen LogP contribution is 2.68. The molecular weight excluding hydrogens is 404 g/mol. The normalized spacial score (nSPS) is 39.7. The average Bonchev–Trinajstić information content (AvgIpc) is 2.68. The van der Waals surface area contributed by atoms with Crippen LogP contribution in [0.15, 0.2) is 12.1 Å². The standard InChI is InChI=1S/C27H40O5/c1-16-13-19(28)14-18(23(16)30)15-26(6)17(2)9-11-25(5)20(26)10-12-27(24(3,4)31)21(25)7-8-22(29)32-27/h13-14,17,20-21,28,30-31H,7-12,15H2,1-6H3/t17-,20-,21-,25+,26-,27+/m0/s1. The Morgan fingerprint density at radius 1 is 1.09 bits per heavy atom. The summed E-state index contributed by atoms with van der Waals surface area (Å²) in [6.45, 7) is 12.4. The van der Waals surface area contributed by atoms with E-state index in [1.54, 1.807) is 26.0 Å². The van der Waals surface area contributed by atoms with Crippen LogP contribution in [0.1, 0.15) is 84.3 Å². The third-order valence-electron chi connectivity index (χ3n) is 9.90. The second-order valence-electron chi connectivity index (χ2n) is 12.0. The molecule has 5 heteroatoms. The lowest BCUT2D eigenvalue weighted by Gasteiger charge is -2.67. The molecule has 4 rings (SSSR count). The van der Waals surface area contributed by atoms with Crippen LogP contribution in [0.4, 0.5) is 0 Å². The zero-order chi connectivity index (χ0) is 23.7. The maximum Gasteiger partial charge on any atom is 0.306 e. The largest absolute Gasteiger partial charge is 0.508 e. The van der Waals surface area contributed by atoms with Gasteiger partial charge in [-0.1, -0.05) is 20.8 Å². The molecule has 6 atom stereocenters. The Morgan fingerprint density at radius 2 is 1.78 bits per heavy atom.